The zero-order chi connectivity index (χ0) is 30.7. The fourth-order valence-corrected chi connectivity index (χ4v) is 4.34. The summed E-state index contributed by atoms with van der Waals surface area (Å²) in [6.07, 6.45) is -6.92. The van der Waals surface area contributed by atoms with Crippen LogP contribution in [0.4, 0.5) is 35.5 Å². The van der Waals surface area contributed by atoms with Gasteiger partial charge in [0, 0.05) is 26.0 Å². The second-order valence-electron chi connectivity index (χ2n) is 9.84. The Kier molecular flexibility index (Phi) is 13.0. The molecule has 0 saturated heterocycles. The number of carbonyl (C=O) groups excluding carboxylic acids is 1. The van der Waals surface area contributed by atoms with Crippen molar-refractivity contribution >= 4 is 12.1 Å². The Morgan fingerprint density at radius 2 is 1.61 bits per heavy atom. The third-order valence-electron chi connectivity index (χ3n) is 6.68. The summed E-state index contributed by atoms with van der Waals surface area (Å²) in [5.74, 6) is -12.2. The third kappa shape index (κ3) is 10.5. The Bertz CT molecular complexity index is 952. The van der Waals surface area contributed by atoms with E-state index < -0.39 is 49.0 Å². The van der Waals surface area contributed by atoms with E-state index in [1.807, 2.05) is 0 Å². The molecule has 0 aromatic heterocycles. The number of benzene rings is 1. The van der Waals surface area contributed by atoms with E-state index in [4.69, 9.17) is 14.2 Å². The van der Waals surface area contributed by atoms with Crippen molar-refractivity contribution in [2.45, 2.75) is 94.9 Å². The molecule has 1 atom stereocenters. The van der Waals surface area contributed by atoms with Gasteiger partial charge in [0.2, 0.25) is 0 Å². The number of aliphatic carboxylic acids is 1. The number of ether oxygens (including phenoxy) is 3. The fraction of sp³-hybridized carbons (Fsp3) is 0.704. The Morgan fingerprint density at radius 1 is 0.976 bits per heavy atom. The van der Waals surface area contributed by atoms with E-state index in [-0.39, 0.29) is 45.2 Å². The van der Waals surface area contributed by atoms with Crippen molar-refractivity contribution in [2.75, 3.05) is 26.3 Å². The SMILES string of the molecule is CCOC(Cc1ccc(OCCN(CCCCC(F)(F)C(F)(F)C(F)(F)F)C(=O)OC2CCCCC2)cc1)C(=O)O. The van der Waals surface area contributed by atoms with Crippen molar-refractivity contribution < 1.29 is 59.6 Å². The normalized spacial score (nSPS) is 15.8. The maximum absolute atomic E-state index is 13.6. The smallest absolute Gasteiger partial charge is 0.459 e. The molecule has 1 saturated carbocycles. The maximum Gasteiger partial charge on any atom is 0.459 e. The van der Waals surface area contributed by atoms with Gasteiger partial charge in [0.15, 0.2) is 6.10 Å². The highest BCUT2D eigenvalue weighted by Crippen LogP contribution is 2.48. The molecule has 0 radical (unpaired) electrons. The van der Waals surface area contributed by atoms with E-state index in [0.29, 0.717) is 24.2 Å². The van der Waals surface area contributed by atoms with E-state index in [9.17, 15) is 45.4 Å². The van der Waals surface area contributed by atoms with Crippen molar-refractivity contribution in [3.05, 3.63) is 29.8 Å². The lowest BCUT2D eigenvalue weighted by atomic mass is 9.98. The Labute approximate surface area is 233 Å². The number of rotatable bonds is 16. The van der Waals surface area contributed by atoms with Crippen LogP contribution in [0.2, 0.25) is 0 Å². The summed E-state index contributed by atoms with van der Waals surface area (Å²) in [5, 5.41) is 9.21. The van der Waals surface area contributed by atoms with E-state index >= 15 is 0 Å². The number of nitrogens with zero attached hydrogens (tertiary/aromatic N) is 1. The molecule has 1 fully saturated rings. The maximum atomic E-state index is 13.6. The number of amides is 1. The number of carbonyl (C=O) groups is 2. The third-order valence-corrected chi connectivity index (χ3v) is 6.68. The molecule has 1 amide bonds. The van der Waals surface area contributed by atoms with Crippen LogP contribution in [0.1, 0.15) is 63.9 Å². The monoisotopic (exact) mass is 603 g/mol. The van der Waals surface area contributed by atoms with Gasteiger partial charge in [0.25, 0.3) is 0 Å². The molecule has 1 N–H and O–H groups in total. The second-order valence-corrected chi connectivity index (χ2v) is 9.84. The van der Waals surface area contributed by atoms with Gasteiger partial charge in [-0.15, -0.1) is 0 Å². The quantitative estimate of drug-likeness (QED) is 0.164. The number of hydrogen-bond donors (Lipinski definition) is 1. The fourth-order valence-electron chi connectivity index (χ4n) is 4.34. The average molecular weight is 604 g/mol. The number of halogens is 7. The summed E-state index contributed by atoms with van der Waals surface area (Å²) in [7, 11) is 0. The summed E-state index contributed by atoms with van der Waals surface area (Å²) in [6.45, 7) is 1.59. The van der Waals surface area contributed by atoms with Crippen molar-refractivity contribution in [2.24, 2.45) is 0 Å². The number of alkyl halides is 7. The second kappa shape index (κ2) is 15.5. The Morgan fingerprint density at radius 3 is 2.17 bits per heavy atom. The molecule has 0 spiro atoms. The van der Waals surface area contributed by atoms with Gasteiger partial charge in [-0.2, -0.15) is 30.7 Å². The van der Waals surface area contributed by atoms with Gasteiger partial charge >= 0.3 is 30.1 Å². The molecule has 1 unspecified atom stereocenters. The van der Waals surface area contributed by atoms with E-state index in [0.717, 1.165) is 24.2 Å². The zero-order valence-electron chi connectivity index (χ0n) is 22.7. The molecule has 234 valence electrons. The van der Waals surface area contributed by atoms with Crippen molar-refractivity contribution in [1.29, 1.82) is 0 Å². The van der Waals surface area contributed by atoms with Crippen LogP contribution in [0.25, 0.3) is 0 Å². The van der Waals surface area contributed by atoms with E-state index in [1.165, 1.54) is 0 Å². The lowest BCUT2D eigenvalue weighted by Gasteiger charge is -2.29. The number of carboxylic acids is 1. The first-order valence-corrected chi connectivity index (χ1v) is 13.5. The average Bonchev–Trinajstić information content (AvgIpc) is 2.90. The van der Waals surface area contributed by atoms with Crippen molar-refractivity contribution in [3.63, 3.8) is 0 Å². The molecule has 41 heavy (non-hydrogen) atoms. The number of hydrogen-bond acceptors (Lipinski definition) is 5. The molecule has 0 heterocycles. The van der Waals surface area contributed by atoms with Gasteiger partial charge in [-0.25, -0.2) is 9.59 Å². The molecular formula is C27H36F7NO6. The molecule has 2 rings (SSSR count). The highest BCUT2D eigenvalue weighted by Gasteiger charge is 2.72. The van der Waals surface area contributed by atoms with Crippen LogP contribution in [0.3, 0.4) is 0 Å². The first kappa shape index (κ1) is 34.4. The zero-order valence-corrected chi connectivity index (χ0v) is 22.7. The van der Waals surface area contributed by atoms with E-state index in [1.54, 1.807) is 31.2 Å². The van der Waals surface area contributed by atoms with Gasteiger partial charge in [-0.1, -0.05) is 18.6 Å². The van der Waals surface area contributed by atoms with Gasteiger partial charge in [0.05, 0.1) is 6.54 Å². The molecule has 1 aromatic carbocycles. The van der Waals surface area contributed by atoms with Crippen LogP contribution in [-0.4, -0.2) is 78.6 Å². The highest BCUT2D eigenvalue weighted by atomic mass is 19.4. The molecule has 7 nitrogen and oxygen atoms in total. The lowest BCUT2D eigenvalue weighted by molar-refractivity contribution is -0.355. The largest absolute Gasteiger partial charge is 0.492 e. The molecule has 1 aliphatic carbocycles. The Hall–Kier alpha value is -2.77. The summed E-state index contributed by atoms with van der Waals surface area (Å²) in [5.41, 5.74) is 0.684. The first-order chi connectivity index (χ1) is 19.2. The molecule has 14 heteroatoms. The van der Waals surface area contributed by atoms with Gasteiger partial charge in [-0.05, 0) is 63.1 Å². The van der Waals surface area contributed by atoms with Gasteiger partial charge in [-0.3, -0.25) is 0 Å². The van der Waals surface area contributed by atoms with Crippen LogP contribution in [-0.2, 0) is 20.7 Å². The predicted molar refractivity (Wildman–Crippen MR) is 133 cm³/mol. The van der Waals surface area contributed by atoms with Crippen LogP contribution in [0, 0.1) is 0 Å². The van der Waals surface area contributed by atoms with Gasteiger partial charge in [0.1, 0.15) is 18.5 Å². The summed E-state index contributed by atoms with van der Waals surface area (Å²) in [6, 6.07) is 6.48. The minimum atomic E-state index is -6.39. The minimum Gasteiger partial charge on any atom is -0.492 e. The lowest BCUT2D eigenvalue weighted by Crippen LogP contribution is -2.51. The number of carboxylic acid groups (broad SMARTS) is 1. The standard InChI is InChI=1S/C27H36F7NO6/c1-2-39-22(23(36)37)18-19-10-12-20(13-11-19)40-17-16-35(24(38)41-21-8-4-3-5-9-21)15-7-6-14-25(28,29)26(30,31)27(32,33)34/h10-13,21-22H,2-9,14-18H2,1H3,(H,36,37). The summed E-state index contributed by atoms with van der Waals surface area (Å²) < 4.78 is 107. The molecule has 0 aliphatic heterocycles. The minimum absolute atomic E-state index is 0.0574. The van der Waals surface area contributed by atoms with Gasteiger partial charge < -0.3 is 24.2 Å². The molecule has 1 aliphatic rings. The Balaban J connectivity index is 1.94. The number of unbranched alkanes of at least 4 members (excludes halogenated alkanes) is 1. The van der Waals surface area contributed by atoms with Crippen LogP contribution >= 0.6 is 0 Å². The highest BCUT2D eigenvalue weighted by molar-refractivity contribution is 5.72. The van der Waals surface area contributed by atoms with Crippen molar-refractivity contribution in [1.82, 2.24) is 4.90 Å². The van der Waals surface area contributed by atoms with Crippen LogP contribution in [0.15, 0.2) is 24.3 Å². The topological polar surface area (TPSA) is 85.3 Å². The van der Waals surface area contributed by atoms with E-state index in [2.05, 4.69) is 0 Å². The first-order valence-electron chi connectivity index (χ1n) is 13.5. The summed E-state index contributed by atoms with van der Waals surface area (Å²) >= 11 is 0. The van der Waals surface area contributed by atoms with Crippen LogP contribution < -0.4 is 4.74 Å². The summed E-state index contributed by atoms with van der Waals surface area (Å²) in [4.78, 5) is 25.2. The van der Waals surface area contributed by atoms with Crippen LogP contribution in [0.5, 0.6) is 5.75 Å². The van der Waals surface area contributed by atoms with Crippen molar-refractivity contribution in [3.8, 4) is 5.75 Å². The molecule has 1 aromatic rings. The molecule has 0 bridgehead atoms. The predicted octanol–water partition coefficient (Wildman–Crippen LogP) is 6.87. The molecular weight excluding hydrogens is 567 g/mol.